The Bertz CT molecular complexity index is 1210. The van der Waals surface area contributed by atoms with Gasteiger partial charge in [-0.3, -0.25) is 23.7 Å². The standard InChI is InChI=1S/C23H30N6O5/c1-13(2)12-28-21-15(3-6-17(30)27-9-7-14(8-10-27)19(24)31)11-25-29(21)23(34)18(22(28)33)20(32)26-16-4-5-16/h3,6,11,13-14,16,33H,4-5,7-10,12H2,1-2H3,(H2,24,31)(H,26,32). The Morgan fingerprint density at radius 2 is 1.91 bits per heavy atom. The van der Waals surface area contributed by atoms with Gasteiger partial charge in [-0.2, -0.15) is 9.61 Å². The number of primary amides is 1. The van der Waals surface area contributed by atoms with Crippen molar-refractivity contribution in [3.63, 3.8) is 0 Å². The summed E-state index contributed by atoms with van der Waals surface area (Å²) in [4.78, 5) is 51.4. The van der Waals surface area contributed by atoms with Crippen molar-refractivity contribution in [3.05, 3.63) is 33.8 Å². The van der Waals surface area contributed by atoms with Crippen molar-refractivity contribution >= 4 is 29.4 Å². The smallest absolute Gasteiger partial charge is 0.291 e. The van der Waals surface area contributed by atoms with Crippen molar-refractivity contribution in [2.24, 2.45) is 17.6 Å². The molecule has 34 heavy (non-hydrogen) atoms. The Morgan fingerprint density at radius 3 is 2.50 bits per heavy atom. The average molecular weight is 471 g/mol. The van der Waals surface area contributed by atoms with Crippen LogP contribution < -0.4 is 16.6 Å². The Hall–Kier alpha value is -3.63. The van der Waals surface area contributed by atoms with Gasteiger partial charge in [0, 0.05) is 43.2 Å². The largest absolute Gasteiger partial charge is 0.494 e. The fraction of sp³-hybridized carbons (Fsp3) is 0.522. The van der Waals surface area contributed by atoms with Gasteiger partial charge in [-0.05, 0) is 37.7 Å². The van der Waals surface area contributed by atoms with Gasteiger partial charge < -0.3 is 21.1 Å². The predicted octanol–water partition coefficient (Wildman–Crippen LogP) is 0.487. The van der Waals surface area contributed by atoms with Crippen LogP contribution >= 0.6 is 0 Å². The third-order valence-corrected chi connectivity index (χ3v) is 6.21. The molecule has 4 N–H and O–H groups in total. The molecular formula is C23H30N6O5. The lowest BCUT2D eigenvalue weighted by molar-refractivity contribution is -0.130. The van der Waals surface area contributed by atoms with Crippen molar-refractivity contribution in [1.29, 1.82) is 0 Å². The molecule has 1 saturated carbocycles. The summed E-state index contributed by atoms with van der Waals surface area (Å²) in [5.74, 6) is -1.73. The summed E-state index contributed by atoms with van der Waals surface area (Å²) in [7, 11) is 0. The molecule has 0 aromatic carbocycles. The molecule has 0 unspecified atom stereocenters. The molecular weight excluding hydrogens is 440 g/mol. The molecule has 2 aromatic heterocycles. The van der Waals surface area contributed by atoms with Crippen LogP contribution in [0.15, 0.2) is 17.1 Å². The first kappa shape index (κ1) is 23.5. The van der Waals surface area contributed by atoms with Gasteiger partial charge in [0.05, 0.1) is 6.20 Å². The molecule has 2 aromatic rings. The first-order valence-corrected chi connectivity index (χ1v) is 11.6. The lowest BCUT2D eigenvalue weighted by atomic mass is 9.96. The van der Waals surface area contributed by atoms with E-state index in [1.807, 2.05) is 13.8 Å². The van der Waals surface area contributed by atoms with Crippen LogP contribution in [0.1, 0.15) is 55.5 Å². The zero-order valence-electron chi connectivity index (χ0n) is 19.4. The number of amides is 3. The van der Waals surface area contributed by atoms with Crippen LogP contribution in [0.4, 0.5) is 0 Å². The van der Waals surface area contributed by atoms with Crippen LogP contribution in [0, 0.1) is 11.8 Å². The number of hydrogen-bond acceptors (Lipinski definition) is 6. The molecule has 1 aliphatic carbocycles. The molecule has 182 valence electrons. The Morgan fingerprint density at radius 1 is 1.24 bits per heavy atom. The second-order valence-corrected chi connectivity index (χ2v) is 9.43. The highest BCUT2D eigenvalue weighted by Gasteiger charge is 2.30. The van der Waals surface area contributed by atoms with Gasteiger partial charge in [-0.25, -0.2) is 0 Å². The van der Waals surface area contributed by atoms with E-state index in [1.54, 1.807) is 11.0 Å². The van der Waals surface area contributed by atoms with Crippen molar-refractivity contribution in [2.75, 3.05) is 13.1 Å². The molecule has 3 heterocycles. The topological polar surface area (TPSA) is 152 Å². The first-order chi connectivity index (χ1) is 16.2. The van der Waals surface area contributed by atoms with Crippen molar-refractivity contribution in [1.82, 2.24) is 24.4 Å². The van der Waals surface area contributed by atoms with Crippen LogP contribution in [-0.4, -0.2) is 61.0 Å². The molecule has 0 radical (unpaired) electrons. The summed E-state index contributed by atoms with van der Waals surface area (Å²) in [6.45, 7) is 5.10. The molecule has 1 aliphatic heterocycles. The molecule has 2 aliphatic rings. The van der Waals surface area contributed by atoms with E-state index in [0.29, 0.717) is 43.7 Å². The highest BCUT2D eigenvalue weighted by Crippen LogP contribution is 2.25. The molecule has 11 nitrogen and oxygen atoms in total. The molecule has 0 spiro atoms. The number of carbonyl (C=O) groups excluding carboxylic acids is 3. The number of rotatable bonds is 7. The Balaban J connectivity index is 1.66. The monoisotopic (exact) mass is 470 g/mol. The third kappa shape index (κ3) is 4.68. The lowest BCUT2D eigenvalue weighted by Gasteiger charge is -2.29. The zero-order valence-corrected chi connectivity index (χ0v) is 19.4. The maximum atomic E-state index is 13.0. The van der Waals surface area contributed by atoms with E-state index in [4.69, 9.17) is 5.73 Å². The van der Waals surface area contributed by atoms with Crippen LogP contribution in [0.3, 0.4) is 0 Å². The number of fused-ring (bicyclic) bond motifs is 1. The summed E-state index contributed by atoms with van der Waals surface area (Å²) in [5, 5.41) is 17.8. The van der Waals surface area contributed by atoms with Crippen molar-refractivity contribution < 1.29 is 19.5 Å². The minimum Gasteiger partial charge on any atom is -0.494 e. The van der Waals surface area contributed by atoms with Gasteiger partial charge >= 0.3 is 0 Å². The van der Waals surface area contributed by atoms with E-state index in [2.05, 4.69) is 10.4 Å². The van der Waals surface area contributed by atoms with Gasteiger partial charge in [-0.1, -0.05) is 13.8 Å². The number of aromatic nitrogens is 3. The second-order valence-electron chi connectivity index (χ2n) is 9.43. The van der Waals surface area contributed by atoms with Gasteiger partial charge in [0.15, 0.2) is 5.56 Å². The van der Waals surface area contributed by atoms with E-state index >= 15 is 0 Å². The highest BCUT2D eigenvalue weighted by atomic mass is 16.3. The number of aromatic hydroxyl groups is 1. The Kier molecular flexibility index (Phi) is 6.45. The molecule has 2 fully saturated rings. The number of likely N-dealkylation sites (tertiary alicyclic amines) is 1. The number of nitrogens with two attached hydrogens (primary N) is 1. The van der Waals surface area contributed by atoms with Crippen LogP contribution in [0.25, 0.3) is 11.7 Å². The van der Waals surface area contributed by atoms with E-state index < -0.39 is 17.3 Å². The summed E-state index contributed by atoms with van der Waals surface area (Å²) >= 11 is 0. The molecule has 0 bridgehead atoms. The number of nitrogens with zero attached hydrogens (tertiary/aromatic N) is 4. The van der Waals surface area contributed by atoms with Crippen molar-refractivity contribution in [2.45, 2.75) is 52.1 Å². The number of piperidine rings is 1. The maximum absolute atomic E-state index is 13.0. The van der Waals surface area contributed by atoms with E-state index in [-0.39, 0.29) is 35.3 Å². The highest BCUT2D eigenvalue weighted by molar-refractivity contribution is 5.97. The van der Waals surface area contributed by atoms with Gasteiger partial charge in [-0.15, -0.1) is 0 Å². The van der Waals surface area contributed by atoms with Gasteiger partial charge in [0.2, 0.25) is 17.7 Å². The molecule has 1 saturated heterocycles. The maximum Gasteiger partial charge on any atom is 0.291 e. The van der Waals surface area contributed by atoms with Crippen molar-refractivity contribution in [3.8, 4) is 5.88 Å². The SMILES string of the molecule is CC(C)Cn1c(O)c(C(=O)NC2CC2)c(=O)n2ncc(C=CC(=O)N3CCC(C(N)=O)CC3)c12. The van der Waals surface area contributed by atoms with E-state index in [9.17, 15) is 24.3 Å². The quantitative estimate of drug-likeness (QED) is 0.501. The van der Waals surface area contributed by atoms with E-state index in [1.165, 1.54) is 16.8 Å². The van der Waals surface area contributed by atoms with Gasteiger partial charge in [0.1, 0.15) is 5.65 Å². The first-order valence-electron chi connectivity index (χ1n) is 11.6. The second kappa shape index (κ2) is 9.32. The van der Waals surface area contributed by atoms with Crippen LogP contribution in [-0.2, 0) is 16.1 Å². The van der Waals surface area contributed by atoms with Gasteiger partial charge in [0.25, 0.3) is 11.5 Å². The fourth-order valence-electron chi connectivity index (χ4n) is 4.20. The van der Waals surface area contributed by atoms with Crippen LogP contribution in [0.2, 0.25) is 0 Å². The average Bonchev–Trinajstić information content (AvgIpc) is 3.50. The normalized spacial score (nSPS) is 17.1. The zero-order chi connectivity index (χ0) is 24.6. The van der Waals surface area contributed by atoms with Crippen LogP contribution in [0.5, 0.6) is 5.88 Å². The summed E-state index contributed by atoms with van der Waals surface area (Å²) in [6.07, 6.45) is 7.11. The van der Waals surface area contributed by atoms with E-state index in [0.717, 1.165) is 17.4 Å². The predicted molar refractivity (Wildman–Crippen MR) is 124 cm³/mol. The molecule has 3 amide bonds. The lowest BCUT2D eigenvalue weighted by Crippen LogP contribution is -2.41. The number of hydrogen-bond donors (Lipinski definition) is 3. The fourth-order valence-corrected chi connectivity index (χ4v) is 4.20. The number of nitrogens with one attached hydrogen (secondary N) is 1. The summed E-state index contributed by atoms with van der Waals surface area (Å²) in [6, 6.07) is 0.0238. The molecule has 4 rings (SSSR count). The summed E-state index contributed by atoms with van der Waals surface area (Å²) in [5.41, 5.74) is 5.06. The number of carbonyl (C=O) groups is 3. The minimum atomic E-state index is -0.717. The Labute approximate surface area is 196 Å². The minimum absolute atomic E-state index is 0.0238. The molecule has 11 heteroatoms. The molecule has 0 atom stereocenters. The summed E-state index contributed by atoms with van der Waals surface area (Å²) < 4.78 is 2.58. The third-order valence-electron chi connectivity index (χ3n) is 6.21.